The van der Waals surface area contributed by atoms with Gasteiger partial charge in [-0.1, -0.05) is 41.4 Å². The number of nitrogens with zero attached hydrogens (tertiary/aromatic N) is 2. The quantitative estimate of drug-likeness (QED) is 0.376. The van der Waals surface area contributed by atoms with Crippen LogP contribution in [0.4, 0.5) is 10.1 Å². The standard InChI is InChI=1S/C29H33ClFN3O4S/c1-20-9-15-26(16-10-20)39(37,38)34(25-13-11-24(31)12-14-25)19-27(35)33(18-22-7-6-8-23(30)17-22)21(2)28(36)32-29(3,4)5/h6-17,21H,18-19H2,1-5H3,(H,32,36). The molecule has 1 unspecified atom stereocenters. The number of amides is 2. The fraction of sp³-hybridized carbons (Fsp3) is 0.310. The van der Waals surface area contributed by atoms with Crippen molar-refractivity contribution in [1.82, 2.24) is 10.2 Å². The van der Waals surface area contributed by atoms with Gasteiger partial charge in [0.05, 0.1) is 10.6 Å². The highest BCUT2D eigenvalue weighted by molar-refractivity contribution is 7.92. The average Bonchev–Trinajstić information content (AvgIpc) is 2.85. The number of hydrogen-bond donors (Lipinski definition) is 1. The van der Waals surface area contributed by atoms with Crippen molar-refractivity contribution in [2.45, 2.75) is 57.6 Å². The summed E-state index contributed by atoms with van der Waals surface area (Å²) < 4.78 is 42.1. The van der Waals surface area contributed by atoms with Gasteiger partial charge in [-0.3, -0.25) is 13.9 Å². The van der Waals surface area contributed by atoms with Crippen molar-refractivity contribution in [2.24, 2.45) is 0 Å². The topological polar surface area (TPSA) is 86.8 Å². The lowest BCUT2D eigenvalue weighted by Gasteiger charge is -2.33. The average molecular weight is 574 g/mol. The highest BCUT2D eigenvalue weighted by Gasteiger charge is 2.33. The van der Waals surface area contributed by atoms with Gasteiger partial charge in [-0.15, -0.1) is 0 Å². The summed E-state index contributed by atoms with van der Waals surface area (Å²) in [7, 11) is -4.22. The van der Waals surface area contributed by atoms with Crippen LogP contribution < -0.4 is 9.62 Å². The molecule has 0 saturated heterocycles. The molecule has 0 radical (unpaired) electrons. The molecule has 0 bridgehead atoms. The van der Waals surface area contributed by atoms with E-state index in [0.717, 1.165) is 22.0 Å². The molecule has 0 heterocycles. The Kier molecular flexibility index (Phi) is 9.40. The minimum Gasteiger partial charge on any atom is -0.350 e. The van der Waals surface area contributed by atoms with E-state index in [1.807, 2.05) is 27.7 Å². The molecule has 0 saturated carbocycles. The lowest BCUT2D eigenvalue weighted by molar-refractivity contribution is -0.140. The van der Waals surface area contributed by atoms with Gasteiger partial charge in [0.15, 0.2) is 0 Å². The number of anilines is 1. The summed E-state index contributed by atoms with van der Waals surface area (Å²) in [5.74, 6) is -1.56. The Hall–Kier alpha value is -3.43. The van der Waals surface area contributed by atoms with Crippen LogP contribution in [0.5, 0.6) is 0 Å². The van der Waals surface area contributed by atoms with Gasteiger partial charge in [0.2, 0.25) is 11.8 Å². The van der Waals surface area contributed by atoms with E-state index in [9.17, 15) is 22.4 Å². The third-order valence-electron chi connectivity index (χ3n) is 5.91. The lowest BCUT2D eigenvalue weighted by atomic mass is 10.1. The Bertz CT molecular complexity index is 1420. The Morgan fingerprint density at radius 2 is 1.62 bits per heavy atom. The third-order valence-corrected chi connectivity index (χ3v) is 7.93. The molecule has 0 aliphatic rings. The molecule has 2 amide bonds. The molecule has 3 aromatic carbocycles. The Morgan fingerprint density at radius 1 is 1.00 bits per heavy atom. The second-order valence-electron chi connectivity index (χ2n) is 10.4. The van der Waals surface area contributed by atoms with Crippen molar-refractivity contribution in [2.75, 3.05) is 10.8 Å². The first-order valence-electron chi connectivity index (χ1n) is 12.4. The summed E-state index contributed by atoms with van der Waals surface area (Å²) in [4.78, 5) is 28.3. The monoisotopic (exact) mass is 573 g/mol. The van der Waals surface area contributed by atoms with E-state index in [1.54, 1.807) is 43.3 Å². The maximum atomic E-state index is 13.9. The Morgan fingerprint density at radius 3 is 2.18 bits per heavy atom. The molecular weight excluding hydrogens is 541 g/mol. The largest absolute Gasteiger partial charge is 0.350 e. The van der Waals surface area contributed by atoms with Crippen LogP contribution in [-0.2, 0) is 26.2 Å². The highest BCUT2D eigenvalue weighted by Crippen LogP contribution is 2.25. The van der Waals surface area contributed by atoms with E-state index in [1.165, 1.54) is 29.2 Å². The molecule has 0 aliphatic heterocycles. The van der Waals surface area contributed by atoms with Crippen LogP contribution in [0.3, 0.4) is 0 Å². The van der Waals surface area contributed by atoms with Crippen LogP contribution in [0.15, 0.2) is 77.7 Å². The molecule has 7 nitrogen and oxygen atoms in total. The molecule has 0 aliphatic carbocycles. The van der Waals surface area contributed by atoms with Crippen LogP contribution in [-0.4, -0.2) is 43.3 Å². The molecule has 208 valence electrons. The van der Waals surface area contributed by atoms with E-state index < -0.39 is 45.8 Å². The third kappa shape index (κ3) is 8.03. The zero-order chi connectivity index (χ0) is 29.0. The highest BCUT2D eigenvalue weighted by atomic mass is 35.5. The van der Waals surface area contributed by atoms with Crippen LogP contribution in [0.1, 0.15) is 38.8 Å². The molecule has 0 fully saturated rings. The minimum absolute atomic E-state index is 0.0138. The van der Waals surface area contributed by atoms with Gasteiger partial charge in [-0.05, 0) is 88.7 Å². The molecule has 10 heteroatoms. The van der Waals surface area contributed by atoms with E-state index >= 15 is 0 Å². The maximum Gasteiger partial charge on any atom is 0.264 e. The van der Waals surface area contributed by atoms with Crippen LogP contribution in [0.2, 0.25) is 5.02 Å². The molecule has 1 N–H and O–H groups in total. The van der Waals surface area contributed by atoms with Crippen molar-refractivity contribution in [3.05, 3.63) is 94.8 Å². The molecule has 0 aromatic heterocycles. The van der Waals surface area contributed by atoms with Crippen LogP contribution in [0.25, 0.3) is 0 Å². The molecular formula is C29H33ClFN3O4S. The van der Waals surface area contributed by atoms with E-state index in [2.05, 4.69) is 5.32 Å². The molecule has 1 atom stereocenters. The fourth-order valence-corrected chi connectivity index (χ4v) is 5.49. The fourth-order valence-electron chi connectivity index (χ4n) is 3.86. The summed E-state index contributed by atoms with van der Waals surface area (Å²) in [5.41, 5.74) is 1.09. The summed E-state index contributed by atoms with van der Waals surface area (Å²) in [6.45, 7) is 8.28. The number of benzene rings is 3. The van der Waals surface area contributed by atoms with Gasteiger partial charge in [0.1, 0.15) is 18.4 Å². The molecule has 39 heavy (non-hydrogen) atoms. The SMILES string of the molecule is Cc1ccc(S(=O)(=O)N(CC(=O)N(Cc2cccc(Cl)c2)C(C)C(=O)NC(C)(C)C)c2ccc(F)cc2)cc1. The Labute approximate surface area is 234 Å². The number of carbonyl (C=O) groups is 2. The van der Waals surface area contributed by atoms with E-state index in [-0.39, 0.29) is 17.1 Å². The van der Waals surface area contributed by atoms with Gasteiger partial charge >= 0.3 is 0 Å². The normalized spacial score (nSPS) is 12.5. The number of aryl methyl sites for hydroxylation is 1. The van der Waals surface area contributed by atoms with Gasteiger partial charge in [0, 0.05) is 17.1 Å². The minimum atomic E-state index is -4.22. The summed E-state index contributed by atoms with van der Waals surface area (Å²) in [6.07, 6.45) is 0. The van der Waals surface area contributed by atoms with Gasteiger partial charge < -0.3 is 10.2 Å². The summed E-state index contributed by atoms with van der Waals surface area (Å²) >= 11 is 6.15. The second-order valence-corrected chi connectivity index (χ2v) is 12.7. The molecule has 0 spiro atoms. The number of carbonyl (C=O) groups excluding carboxylic acids is 2. The van der Waals surface area contributed by atoms with Crippen molar-refractivity contribution >= 4 is 39.1 Å². The number of sulfonamides is 1. The second kappa shape index (κ2) is 12.2. The van der Waals surface area contributed by atoms with Crippen molar-refractivity contribution in [1.29, 1.82) is 0 Å². The van der Waals surface area contributed by atoms with Crippen molar-refractivity contribution in [3.8, 4) is 0 Å². The first-order valence-corrected chi connectivity index (χ1v) is 14.2. The van der Waals surface area contributed by atoms with Gasteiger partial charge in [-0.25, -0.2) is 12.8 Å². The van der Waals surface area contributed by atoms with Crippen molar-refractivity contribution in [3.63, 3.8) is 0 Å². The number of rotatable bonds is 9. The first kappa shape index (κ1) is 30.1. The maximum absolute atomic E-state index is 13.9. The lowest BCUT2D eigenvalue weighted by Crippen LogP contribution is -2.54. The number of halogens is 2. The Balaban J connectivity index is 2.03. The predicted molar refractivity (Wildman–Crippen MR) is 151 cm³/mol. The summed E-state index contributed by atoms with van der Waals surface area (Å²) in [6, 6.07) is 17.0. The zero-order valence-electron chi connectivity index (χ0n) is 22.6. The predicted octanol–water partition coefficient (Wildman–Crippen LogP) is 5.31. The van der Waals surface area contributed by atoms with Crippen LogP contribution in [0, 0.1) is 12.7 Å². The van der Waals surface area contributed by atoms with Gasteiger partial charge in [-0.2, -0.15) is 0 Å². The van der Waals surface area contributed by atoms with Gasteiger partial charge in [0.25, 0.3) is 10.0 Å². The zero-order valence-corrected chi connectivity index (χ0v) is 24.2. The molecule has 3 aromatic rings. The number of hydrogen-bond acceptors (Lipinski definition) is 4. The van der Waals surface area contributed by atoms with E-state index in [4.69, 9.17) is 11.6 Å². The smallest absolute Gasteiger partial charge is 0.264 e. The summed E-state index contributed by atoms with van der Waals surface area (Å²) in [5, 5.41) is 3.33. The first-order chi connectivity index (χ1) is 18.2. The van der Waals surface area contributed by atoms with Crippen LogP contribution >= 0.6 is 11.6 Å². The van der Waals surface area contributed by atoms with Crippen molar-refractivity contribution < 1.29 is 22.4 Å². The van der Waals surface area contributed by atoms with E-state index in [0.29, 0.717) is 10.6 Å². The molecule has 3 rings (SSSR count). The number of nitrogens with one attached hydrogen (secondary N) is 1.